The van der Waals surface area contributed by atoms with Crippen molar-refractivity contribution in [2.24, 2.45) is 0 Å². The predicted molar refractivity (Wildman–Crippen MR) is 67.7 cm³/mol. The van der Waals surface area contributed by atoms with Crippen LogP contribution in [0.3, 0.4) is 0 Å². The summed E-state index contributed by atoms with van der Waals surface area (Å²) in [6.45, 7) is 1.68. The first-order valence-electron chi connectivity index (χ1n) is 5.38. The summed E-state index contributed by atoms with van der Waals surface area (Å²) in [6.07, 6.45) is 0. The number of halogens is 4. The van der Waals surface area contributed by atoms with E-state index in [1.807, 2.05) is 0 Å². The van der Waals surface area contributed by atoms with Gasteiger partial charge in [-0.25, -0.2) is 13.6 Å². The molecule has 0 aliphatic heterocycles. The molecule has 9 heteroatoms. The monoisotopic (exact) mass is 321 g/mol. The van der Waals surface area contributed by atoms with E-state index in [1.54, 1.807) is 6.92 Å². The van der Waals surface area contributed by atoms with Gasteiger partial charge < -0.3 is 4.74 Å². The zero-order chi connectivity index (χ0) is 14.9. The van der Waals surface area contributed by atoms with E-state index in [0.29, 0.717) is 0 Å². The Morgan fingerprint density at radius 2 is 2.10 bits per heavy atom. The number of ether oxygens (including phenoxy) is 1. The average molecular weight is 322 g/mol. The number of rotatable bonds is 3. The van der Waals surface area contributed by atoms with E-state index >= 15 is 0 Å². The van der Waals surface area contributed by atoms with Gasteiger partial charge in [0, 0.05) is 0 Å². The largest absolute Gasteiger partial charge is 0.461 e. The van der Waals surface area contributed by atoms with Crippen molar-refractivity contribution in [3.8, 4) is 11.3 Å². The first-order valence-corrected chi connectivity index (χ1v) is 6.14. The Hall–Kier alpha value is -1.73. The molecule has 0 bridgehead atoms. The summed E-state index contributed by atoms with van der Waals surface area (Å²) in [5.41, 5.74) is -1.03. The molecule has 0 saturated carbocycles. The van der Waals surface area contributed by atoms with E-state index in [1.165, 1.54) is 0 Å². The van der Waals surface area contributed by atoms with Crippen LogP contribution in [0.1, 0.15) is 17.4 Å². The maximum atomic E-state index is 13.9. The normalized spacial score (nSPS) is 10.7. The number of hydrogen-bond acceptors (Lipinski definition) is 4. The van der Waals surface area contributed by atoms with Gasteiger partial charge >= 0.3 is 5.97 Å². The lowest BCUT2D eigenvalue weighted by Gasteiger charge is -2.07. The molecule has 106 valence electrons. The standard InChI is InChI=1S/C11H7Cl2F2N3O2/c1-2-20-11(19)10-9(16-18-17-10)6-7(13)4(12)3-5(14)8(6)15/h3H,2H2,1H3,(H,16,17,18). The Morgan fingerprint density at radius 3 is 2.75 bits per heavy atom. The van der Waals surface area contributed by atoms with Crippen LogP contribution in [0, 0.1) is 11.6 Å². The molecule has 0 fully saturated rings. The fraction of sp³-hybridized carbons (Fsp3) is 0.182. The zero-order valence-corrected chi connectivity index (χ0v) is 11.5. The lowest BCUT2D eigenvalue weighted by atomic mass is 10.1. The van der Waals surface area contributed by atoms with Gasteiger partial charge in [0.15, 0.2) is 17.3 Å². The van der Waals surface area contributed by atoms with E-state index in [9.17, 15) is 13.6 Å². The molecule has 1 aromatic carbocycles. The Balaban J connectivity index is 2.64. The summed E-state index contributed by atoms with van der Waals surface area (Å²) in [5.74, 6) is -3.34. The van der Waals surface area contributed by atoms with Gasteiger partial charge in [-0.1, -0.05) is 23.2 Å². The van der Waals surface area contributed by atoms with Crippen molar-refractivity contribution >= 4 is 29.2 Å². The second-order valence-corrected chi connectivity index (χ2v) is 4.37. The van der Waals surface area contributed by atoms with E-state index in [0.717, 1.165) is 6.07 Å². The van der Waals surface area contributed by atoms with Crippen molar-refractivity contribution in [2.45, 2.75) is 6.92 Å². The van der Waals surface area contributed by atoms with Crippen molar-refractivity contribution in [1.29, 1.82) is 0 Å². The van der Waals surface area contributed by atoms with Crippen LogP contribution in [-0.4, -0.2) is 28.0 Å². The van der Waals surface area contributed by atoms with Crippen molar-refractivity contribution in [1.82, 2.24) is 15.4 Å². The summed E-state index contributed by atoms with van der Waals surface area (Å²) in [6, 6.07) is 0.729. The number of H-pyrrole nitrogens is 1. The van der Waals surface area contributed by atoms with Gasteiger partial charge in [0.2, 0.25) is 0 Å². The van der Waals surface area contributed by atoms with Crippen LogP contribution in [0.5, 0.6) is 0 Å². The first-order chi connectivity index (χ1) is 9.47. The van der Waals surface area contributed by atoms with Crippen molar-refractivity contribution < 1.29 is 18.3 Å². The average Bonchev–Trinajstić information content (AvgIpc) is 2.86. The van der Waals surface area contributed by atoms with E-state index in [4.69, 9.17) is 27.9 Å². The number of esters is 1. The van der Waals surface area contributed by atoms with Crippen LogP contribution in [0.15, 0.2) is 6.07 Å². The minimum absolute atomic E-state index is 0.0885. The number of benzene rings is 1. The lowest BCUT2D eigenvalue weighted by molar-refractivity contribution is 0.0520. The Labute approximate surface area is 121 Å². The van der Waals surface area contributed by atoms with Crippen LogP contribution in [-0.2, 0) is 4.74 Å². The fourth-order valence-electron chi connectivity index (χ4n) is 1.53. The molecule has 0 aliphatic rings. The summed E-state index contributed by atoms with van der Waals surface area (Å²) in [7, 11) is 0. The quantitative estimate of drug-likeness (QED) is 0.696. The molecule has 0 saturated heterocycles. The first kappa shape index (κ1) is 14.7. The number of carbonyl (C=O) groups is 1. The number of hydrogen-bond donors (Lipinski definition) is 1. The molecule has 0 spiro atoms. The molecule has 0 atom stereocenters. The zero-order valence-electron chi connectivity index (χ0n) is 10.0. The third kappa shape index (κ3) is 2.46. The fourth-order valence-corrected chi connectivity index (χ4v) is 1.95. The molecule has 1 N–H and O–H groups in total. The molecule has 5 nitrogen and oxygen atoms in total. The lowest BCUT2D eigenvalue weighted by Crippen LogP contribution is -2.07. The minimum Gasteiger partial charge on any atom is -0.461 e. The Morgan fingerprint density at radius 1 is 1.40 bits per heavy atom. The van der Waals surface area contributed by atoms with Crippen molar-refractivity contribution in [3.63, 3.8) is 0 Å². The highest BCUT2D eigenvalue weighted by Gasteiger charge is 2.26. The summed E-state index contributed by atoms with van der Waals surface area (Å²) >= 11 is 11.5. The van der Waals surface area contributed by atoms with Crippen LogP contribution < -0.4 is 0 Å². The topological polar surface area (TPSA) is 67.9 Å². The number of nitrogens with zero attached hydrogens (tertiary/aromatic N) is 2. The van der Waals surface area contributed by atoms with Gasteiger partial charge in [0.05, 0.1) is 22.2 Å². The maximum absolute atomic E-state index is 13.9. The molecule has 1 heterocycles. The van der Waals surface area contributed by atoms with Gasteiger partial charge in [-0.05, 0) is 13.0 Å². The van der Waals surface area contributed by atoms with Crippen molar-refractivity contribution in [2.75, 3.05) is 6.61 Å². The van der Waals surface area contributed by atoms with Crippen molar-refractivity contribution in [3.05, 3.63) is 33.4 Å². The SMILES string of the molecule is CCOC(=O)c1n[nH]nc1-c1c(F)c(F)cc(Cl)c1Cl. The molecule has 0 aliphatic carbocycles. The molecule has 0 amide bonds. The summed E-state index contributed by atoms with van der Waals surface area (Å²) < 4.78 is 32.0. The van der Waals surface area contributed by atoms with Gasteiger partial charge in [0.25, 0.3) is 0 Å². The highest BCUT2D eigenvalue weighted by Crippen LogP contribution is 2.37. The smallest absolute Gasteiger partial charge is 0.361 e. The van der Waals surface area contributed by atoms with E-state index in [-0.39, 0.29) is 28.0 Å². The molecule has 0 radical (unpaired) electrons. The van der Waals surface area contributed by atoms with Gasteiger partial charge in [-0.15, -0.1) is 5.10 Å². The van der Waals surface area contributed by atoms with Crippen LogP contribution in [0.4, 0.5) is 8.78 Å². The number of aromatic amines is 1. The van der Waals surface area contributed by atoms with E-state index in [2.05, 4.69) is 15.4 Å². The van der Waals surface area contributed by atoms with Gasteiger partial charge in [-0.3, -0.25) is 0 Å². The molecule has 0 unspecified atom stereocenters. The van der Waals surface area contributed by atoms with E-state index < -0.39 is 23.2 Å². The summed E-state index contributed by atoms with van der Waals surface area (Å²) in [4.78, 5) is 11.7. The highest BCUT2D eigenvalue weighted by molar-refractivity contribution is 6.43. The minimum atomic E-state index is -1.28. The van der Waals surface area contributed by atoms with Gasteiger partial charge in [0.1, 0.15) is 5.69 Å². The number of aromatic nitrogens is 3. The second kappa shape index (κ2) is 5.72. The predicted octanol–water partition coefficient (Wildman–Crippen LogP) is 3.23. The van der Waals surface area contributed by atoms with Crippen LogP contribution in [0.2, 0.25) is 10.0 Å². The maximum Gasteiger partial charge on any atom is 0.361 e. The molecule has 2 rings (SSSR count). The molecular formula is C11H7Cl2F2N3O2. The summed E-state index contributed by atoms with van der Waals surface area (Å²) in [5, 5.41) is 8.81. The number of carbonyl (C=O) groups excluding carboxylic acids is 1. The highest BCUT2D eigenvalue weighted by atomic mass is 35.5. The third-order valence-corrected chi connectivity index (χ3v) is 3.15. The Kier molecular flexibility index (Phi) is 4.20. The second-order valence-electron chi connectivity index (χ2n) is 3.58. The van der Waals surface area contributed by atoms with Crippen LogP contribution >= 0.6 is 23.2 Å². The third-order valence-electron chi connectivity index (χ3n) is 2.37. The molecule has 2 aromatic rings. The van der Waals surface area contributed by atoms with Gasteiger partial charge in [-0.2, -0.15) is 10.3 Å². The van der Waals surface area contributed by atoms with Crippen LogP contribution in [0.25, 0.3) is 11.3 Å². The molecule has 20 heavy (non-hydrogen) atoms. The number of nitrogens with one attached hydrogen (secondary N) is 1. The molecule has 1 aromatic heterocycles. The molecular weight excluding hydrogens is 315 g/mol. The Bertz CT molecular complexity index is 650.